The van der Waals surface area contributed by atoms with Crippen molar-refractivity contribution < 1.29 is 14.3 Å². The number of esters is 1. The molecule has 0 bridgehead atoms. The number of nitrogens with one attached hydrogen (secondary N) is 2. The first-order chi connectivity index (χ1) is 6.36. The molecular weight excluding hydrogens is 172 g/mol. The third-order valence-electron chi connectivity index (χ3n) is 2.27. The van der Waals surface area contributed by atoms with Gasteiger partial charge in [0, 0.05) is 19.6 Å². The van der Waals surface area contributed by atoms with Crippen molar-refractivity contribution in [1.29, 1.82) is 0 Å². The minimum absolute atomic E-state index is 0.00509. The number of cyclic esters (lactones) is 1. The van der Waals surface area contributed by atoms with E-state index < -0.39 is 0 Å². The lowest BCUT2D eigenvalue weighted by Crippen LogP contribution is -2.54. The van der Waals surface area contributed by atoms with Gasteiger partial charge in [-0.1, -0.05) is 0 Å². The Morgan fingerprint density at radius 1 is 1.23 bits per heavy atom. The summed E-state index contributed by atoms with van der Waals surface area (Å²) in [5, 5.41) is 6.20. The maximum absolute atomic E-state index is 11.0. The molecule has 0 aromatic heterocycles. The largest absolute Gasteiger partial charge is 0.457 e. The first-order valence-corrected chi connectivity index (χ1v) is 4.59. The highest BCUT2D eigenvalue weighted by Crippen LogP contribution is 2.08. The third-order valence-corrected chi connectivity index (χ3v) is 2.27. The summed E-state index contributed by atoms with van der Waals surface area (Å²) in [4.78, 5) is 11.0. The van der Waals surface area contributed by atoms with Gasteiger partial charge in [0.15, 0.2) is 0 Å². The van der Waals surface area contributed by atoms with Crippen LogP contribution in [-0.2, 0) is 14.3 Å². The number of carbonyl (C=O) groups is 1. The molecule has 0 aromatic carbocycles. The summed E-state index contributed by atoms with van der Waals surface area (Å²) in [6, 6.07) is 0. The van der Waals surface area contributed by atoms with E-state index in [-0.39, 0.29) is 18.2 Å². The predicted octanol–water partition coefficient (Wildman–Crippen LogP) is -1.51. The van der Waals surface area contributed by atoms with Crippen molar-refractivity contribution in [2.45, 2.75) is 12.2 Å². The molecule has 0 aliphatic carbocycles. The van der Waals surface area contributed by atoms with Gasteiger partial charge in [0.1, 0.15) is 12.2 Å². The predicted molar refractivity (Wildman–Crippen MR) is 45.4 cm³/mol. The minimum Gasteiger partial charge on any atom is -0.457 e. The van der Waals surface area contributed by atoms with Crippen LogP contribution in [0.1, 0.15) is 0 Å². The van der Waals surface area contributed by atoms with E-state index in [2.05, 4.69) is 10.6 Å². The first-order valence-electron chi connectivity index (χ1n) is 4.59. The summed E-state index contributed by atoms with van der Waals surface area (Å²) in [7, 11) is 0. The average Bonchev–Trinajstić information content (AvgIpc) is 2.19. The number of hydrogen-bond acceptors (Lipinski definition) is 5. The summed E-state index contributed by atoms with van der Waals surface area (Å²) in [6.45, 7) is 3.34. The van der Waals surface area contributed by atoms with Crippen LogP contribution in [0.25, 0.3) is 0 Å². The van der Waals surface area contributed by atoms with Crippen LogP contribution in [0, 0.1) is 0 Å². The van der Waals surface area contributed by atoms with Crippen LogP contribution in [0.5, 0.6) is 0 Å². The molecule has 2 saturated heterocycles. The highest BCUT2D eigenvalue weighted by Gasteiger charge is 2.30. The number of ether oxygens (including phenoxy) is 2. The average molecular weight is 186 g/mol. The molecule has 5 nitrogen and oxygen atoms in total. The van der Waals surface area contributed by atoms with Gasteiger partial charge in [-0.15, -0.1) is 0 Å². The van der Waals surface area contributed by atoms with E-state index in [1.54, 1.807) is 0 Å². The van der Waals surface area contributed by atoms with Gasteiger partial charge >= 0.3 is 5.97 Å². The molecule has 0 spiro atoms. The van der Waals surface area contributed by atoms with Crippen molar-refractivity contribution in [2.75, 3.05) is 32.8 Å². The Morgan fingerprint density at radius 2 is 2.08 bits per heavy atom. The van der Waals surface area contributed by atoms with Gasteiger partial charge < -0.3 is 20.1 Å². The number of rotatable bonds is 1. The zero-order valence-corrected chi connectivity index (χ0v) is 7.41. The van der Waals surface area contributed by atoms with E-state index in [1.165, 1.54) is 0 Å². The van der Waals surface area contributed by atoms with E-state index in [4.69, 9.17) is 9.47 Å². The Bertz CT molecular complexity index is 192. The van der Waals surface area contributed by atoms with Gasteiger partial charge in [-0.25, -0.2) is 0 Å². The maximum atomic E-state index is 11.0. The van der Waals surface area contributed by atoms with Crippen molar-refractivity contribution >= 4 is 5.97 Å². The van der Waals surface area contributed by atoms with Crippen LogP contribution in [0.2, 0.25) is 0 Å². The Labute approximate surface area is 76.8 Å². The highest BCUT2D eigenvalue weighted by molar-refractivity contribution is 5.72. The summed E-state index contributed by atoms with van der Waals surface area (Å²) >= 11 is 0. The fourth-order valence-corrected chi connectivity index (χ4v) is 1.60. The normalized spacial score (nSPS) is 35.5. The lowest BCUT2D eigenvalue weighted by atomic mass is 10.1. The Morgan fingerprint density at radius 3 is 2.77 bits per heavy atom. The van der Waals surface area contributed by atoms with Crippen LogP contribution in [0.3, 0.4) is 0 Å². The van der Waals surface area contributed by atoms with Crippen LogP contribution in [0.4, 0.5) is 0 Å². The number of morpholine rings is 2. The van der Waals surface area contributed by atoms with E-state index in [0.29, 0.717) is 19.7 Å². The molecule has 2 atom stereocenters. The molecule has 0 aromatic rings. The quantitative estimate of drug-likeness (QED) is 0.488. The second-order valence-corrected chi connectivity index (χ2v) is 3.27. The van der Waals surface area contributed by atoms with Gasteiger partial charge in [0.2, 0.25) is 0 Å². The number of hydrogen-bond donors (Lipinski definition) is 2. The van der Waals surface area contributed by atoms with Crippen LogP contribution in [-0.4, -0.2) is 51.0 Å². The lowest BCUT2D eigenvalue weighted by Gasteiger charge is -2.32. The SMILES string of the molecule is O=C1CNCC(C2CNCCO2)O1. The van der Waals surface area contributed by atoms with Gasteiger partial charge in [0.25, 0.3) is 0 Å². The van der Waals surface area contributed by atoms with Crippen molar-refractivity contribution in [3.8, 4) is 0 Å². The molecule has 2 rings (SSSR count). The second kappa shape index (κ2) is 4.04. The summed E-state index contributed by atoms with van der Waals surface area (Å²) in [6.07, 6.45) is -0.125. The molecule has 2 fully saturated rings. The third kappa shape index (κ3) is 2.18. The highest BCUT2D eigenvalue weighted by atomic mass is 16.6. The van der Waals surface area contributed by atoms with E-state index in [1.807, 2.05) is 0 Å². The molecule has 2 heterocycles. The standard InChI is InChI=1S/C8H14N2O3/c11-8-5-10-4-7(13-8)6-3-9-1-2-12-6/h6-7,9-10H,1-5H2. The van der Waals surface area contributed by atoms with Gasteiger partial charge in [0.05, 0.1) is 13.2 Å². The smallest absolute Gasteiger partial charge is 0.320 e. The maximum Gasteiger partial charge on any atom is 0.320 e. The fourth-order valence-electron chi connectivity index (χ4n) is 1.60. The summed E-state index contributed by atoms with van der Waals surface area (Å²) in [5.74, 6) is -0.189. The molecular formula is C8H14N2O3. The van der Waals surface area contributed by atoms with Gasteiger partial charge in [-0.05, 0) is 0 Å². The van der Waals surface area contributed by atoms with E-state index in [0.717, 1.165) is 13.1 Å². The molecule has 2 N–H and O–H groups in total. The summed E-state index contributed by atoms with van der Waals surface area (Å²) < 4.78 is 10.6. The zero-order valence-electron chi connectivity index (χ0n) is 7.41. The van der Waals surface area contributed by atoms with E-state index in [9.17, 15) is 4.79 Å². The minimum atomic E-state index is -0.189. The Kier molecular flexibility index (Phi) is 2.77. The molecule has 0 saturated carbocycles. The van der Waals surface area contributed by atoms with Crippen molar-refractivity contribution in [3.63, 3.8) is 0 Å². The molecule has 2 unspecified atom stereocenters. The molecule has 5 heteroatoms. The lowest BCUT2D eigenvalue weighted by molar-refractivity contribution is -0.162. The Balaban J connectivity index is 1.87. The van der Waals surface area contributed by atoms with Crippen LogP contribution in [0.15, 0.2) is 0 Å². The molecule has 13 heavy (non-hydrogen) atoms. The van der Waals surface area contributed by atoms with Gasteiger partial charge in [-0.2, -0.15) is 0 Å². The zero-order chi connectivity index (χ0) is 9.10. The van der Waals surface area contributed by atoms with Crippen LogP contribution >= 0.6 is 0 Å². The van der Waals surface area contributed by atoms with Gasteiger partial charge in [-0.3, -0.25) is 4.79 Å². The molecule has 74 valence electrons. The monoisotopic (exact) mass is 186 g/mol. The number of carbonyl (C=O) groups excluding carboxylic acids is 1. The van der Waals surface area contributed by atoms with Crippen molar-refractivity contribution in [1.82, 2.24) is 10.6 Å². The Hall–Kier alpha value is -0.650. The van der Waals surface area contributed by atoms with Crippen LogP contribution < -0.4 is 10.6 Å². The molecule has 2 aliphatic heterocycles. The van der Waals surface area contributed by atoms with Crippen molar-refractivity contribution in [3.05, 3.63) is 0 Å². The topological polar surface area (TPSA) is 59.6 Å². The van der Waals surface area contributed by atoms with E-state index >= 15 is 0 Å². The molecule has 0 radical (unpaired) electrons. The fraction of sp³-hybridized carbons (Fsp3) is 0.875. The molecule has 0 amide bonds. The first kappa shape index (κ1) is 8.93. The van der Waals surface area contributed by atoms with Crippen molar-refractivity contribution in [2.24, 2.45) is 0 Å². The second-order valence-electron chi connectivity index (χ2n) is 3.27. The molecule has 2 aliphatic rings. The summed E-state index contributed by atoms with van der Waals surface area (Å²) in [5.41, 5.74) is 0.